The molecular weight excluding hydrogens is 352 g/mol. The van der Waals surface area contributed by atoms with Crippen molar-refractivity contribution in [3.8, 4) is 5.75 Å². The van der Waals surface area contributed by atoms with Crippen LogP contribution in [0.25, 0.3) is 0 Å². The summed E-state index contributed by atoms with van der Waals surface area (Å²) in [6.45, 7) is -0.491. The van der Waals surface area contributed by atoms with Gasteiger partial charge in [0.1, 0.15) is 11.4 Å². The number of para-hydroxylation sites is 1. The molecule has 27 heavy (non-hydrogen) atoms. The lowest BCUT2D eigenvalue weighted by atomic mass is 10.1. The van der Waals surface area contributed by atoms with Crippen LogP contribution in [0.2, 0.25) is 0 Å². The number of carbonyl (C=O) groups excluding carboxylic acids is 2. The highest BCUT2D eigenvalue weighted by Crippen LogP contribution is 2.31. The first-order chi connectivity index (χ1) is 13.0. The summed E-state index contributed by atoms with van der Waals surface area (Å²) < 4.78 is 10.1. The SMILES string of the molecule is COc1ccccc1C(=O)COC(=O)c1ccc(NC2CC2)c([N+](=O)[O-])c1. The molecule has 0 heterocycles. The number of ketones is 1. The highest BCUT2D eigenvalue weighted by atomic mass is 16.6. The molecule has 0 unspecified atom stereocenters. The fourth-order valence-corrected chi connectivity index (χ4v) is 2.55. The van der Waals surface area contributed by atoms with Crippen molar-refractivity contribution in [2.24, 2.45) is 0 Å². The van der Waals surface area contributed by atoms with Gasteiger partial charge in [-0.25, -0.2) is 4.79 Å². The summed E-state index contributed by atoms with van der Waals surface area (Å²) >= 11 is 0. The molecule has 0 atom stereocenters. The van der Waals surface area contributed by atoms with E-state index in [9.17, 15) is 19.7 Å². The zero-order valence-electron chi connectivity index (χ0n) is 14.6. The third kappa shape index (κ3) is 4.41. The van der Waals surface area contributed by atoms with E-state index < -0.39 is 23.3 Å². The molecule has 0 aromatic heterocycles. The molecule has 140 valence electrons. The molecule has 1 fully saturated rings. The number of hydrogen-bond donors (Lipinski definition) is 1. The Morgan fingerprint density at radius 1 is 1.22 bits per heavy atom. The van der Waals surface area contributed by atoms with Crippen LogP contribution < -0.4 is 10.1 Å². The summed E-state index contributed by atoms with van der Waals surface area (Å²) in [5, 5.41) is 14.3. The molecule has 0 aliphatic heterocycles. The summed E-state index contributed by atoms with van der Waals surface area (Å²) in [5.41, 5.74) is 0.468. The molecule has 2 aromatic rings. The van der Waals surface area contributed by atoms with Gasteiger partial charge in [0.2, 0.25) is 5.78 Å². The number of nitro benzene ring substituents is 1. The van der Waals surface area contributed by atoms with Crippen molar-refractivity contribution in [3.05, 3.63) is 63.7 Å². The van der Waals surface area contributed by atoms with E-state index in [2.05, 4.69) is 5.32 Å². The molecule has 2 aromatic carbocycles. The Labute approximate surface area is 155 Å². The minimum atomic E-state index is -0.806. The monoisotopic (exact) mass is 370 g/mol. The number of rotatable bonds is 8. The van der Waals surface area contributed by atoms with E-state index in [1.54, 1.807) is 24.3 Å². The van der Waals surface area contributed by atoms with Crippen LogP contribution in [0.3, 0.4) is 0 Å². The first-order valence-corrected chi connectivity index (χ1v) is 8.38. The average molecular weight is 370 g/mol. The van der Waals surface area contributed by atoms with Crippen molar-refractivity contribution in [3.63, 3.8) is 0 Å². The van der Waals surface area contributed by atoms with Crippen molar-refractivity contribution >= 4 is 23.1 Å². The summed E-state index contributed by atoms with van der Waals surface area (Å²) in [6, 6.07) is 10.9. The maximum atomic E-state index is 12.2. The normalized spacial score (nSPS) is 12.9. The molecular formula is C19H18N2O6. The standard InChI is InChI=1S/C19H18N2O6/c1-26-18-5-3-2-4-14(18)17(22)11-27-19(23)12-6-9-15(20-13-7-8-13)16(10-12)21(24)25/h2-6,9-10,13,20H,7-8,11H2,1H3. The molecule has 0 radical (unpaired) electrons. The van der Waals surface area contributed by atoms with E-state index >= 15 is 0 Å². The minimum absolute atomic E-state index is 0.0101. The second kappa shape index (κ2) is 7.86. The first-order valence-electron chi connectivity index (χ1n) is 8.38. The fraction of sp³-hybridized carbons (Fsp3) is 0.263. The number of nitro groups is 1. The van der Waals surface area contributed by atoms with Crippen molar-refractivity contribution < 1.29 is 24.0 Å². The van der Waals surface area contributed by atoms with E-state index in [1.807, 2.05) is 0 Å². The van der Waals surface area contributed by atoms with Gasteiger partial charge in [0.25, 0.3) is 5.69 Å². The highest BCUT2D eigenvalue weighted by Gasteiger charge is 2.26. The quantitative estimate of drug-likeness (QED) is 0.329. The van der Waals surface area contributed by atoms with Crippen LogP contribution in [-0.4, -0.2) is 36.4 Å². The predicted molar refractivity (Wildman–Crippen MR) is 97.3 cm³/mol. The smallest absolute Gasteiger partial charge is 0.338 e. The van der Waals surface area contributed by atoms with Gasteiger partial charge in [0.15, 0.2) is 6.61 Å². The van der Waals surface area contributed by atoms with Gasteiger partial charge in [0.05, 0.1) is 23.2 Å². The Morgan fingerprint density at radius 2 is 1.96 bits per heavy atom. The van der Waals surface area contributed by atoms with E-state index in [4.69, 9.17) is 9.47 Å². The Bertz CT molecular complexity index is 892. The van der Waals surface area contributed by atoms with Crippen LogP contribution in [0.5, 0.6) is 5.75 Å². The van der Waals surface area contributed by atoms with Gasteiger partial charge in [-0.05, 0) is 37.1 Å². The van der Waals surface area contributed by atoms with Crippen molar-refractivity contribution in [2.75, 3.05) is 19.0 Å². The van der Waals surface area contributed by atoms with Crippen molar-refractivity contribution in [1.82, 2.24) is 0 Å². The molecule has 3 rings (SSSR count). The Morgan fingerprint density at radius 3 is 2.63 bits per heavy atom. The lowest BCUT2D eigenvalue weighted by molar-refractivity contribution is -0.384. The number of Topliss-reactive ketones (excluding diaryl/α,β-unsaturated/α-hetero) is 1. The Hall–Kier alpha value is -3.42. The number of hydrogen-bond acceptors (Lipinski definition) is 7. The molecule has 8 nitrogen and oxygen atoms in total. The van der Waals surface area contributed by atoms with Gasteiger partial charge in [0, 0.05) is 12.1 Å². The van der Waals surface area contributed by atoms with E-state index in [1.165, 1.54) is 19.2 Å². The van der Waals surface area contributed by atoms with Crippen molar-refractivity contribution in [2.45, 2.75) is 18.9 Å². The molecule has 0 spiro atoms. The number of esters is 1. The maximum absolute atomic E-state index is 12.2. The van der Waals surface area contributed by atoms with E-state index in [0.29, 0.717) is 17.0 Å². The third-order valence-corrected chi connectivity index (χ3v) is 4.11. The molecule has 0 saturated heterocycles. The van der Waals surface area contributed by atoms with Gasteiger partial charge in [-0.15, -0.1) is 0 Å². The summed E-state index contributed by atoms with van der Waals surface area (Å²) in [5.74, 6) is -0.855. The zero-order valence-corrected chi connectivity index (χ0v) is 14.6. The van der Waals surface area contributed by atoms with Gasteiger partial charge in [-0.2, -0.15) is 0 Å². The van der Waals surface area contributed by atoms with Crippen LogP contribution >= 0.6 is 0 Å². The van der Waals surface area contributed by atoms with Crippen LogP contribution in [-0.2, 0) is 4.74 Å². The largest absolute Gasteiger partial charge is 0.496 e. The van der Waals surface area contributed by atoms with E-state index in [0.717, 1.165) is 18.9 Å². The summed E-state index contributed by atoms with van der Waals surface area (Å²) in [6.07, 6.45) is 1.93. The minimum Gasteiger partial charge on any atom is -0.496 e. The third-order valence-electron chi connectivity index (χ3n) is 4.11. The van der Waals surface area contributed by atoms with Gasteiger partial charge in [-0.1, -0.05) is 12.1 Å². The number of carbonyl (C=O) groups is 2. The zero-order chi connectivity index (χ0) is 19.4. The number of nitrogens with one attached hydrogen (secondary N) is 1. The molecule has 1 N–H and O–H groups in total. The van der Waals surface area contributed by atoms with Crippen LogP contribution in [0.15, 0.2) is 42.5 Å². The molecule has 1 saturated carbocycles. The predicted octanol–water partition coefficient (Wildman–Crippen LogP) is 3.22. The molecule has 1 aliphatic carbocycles. The Kier molecular flexibility index (Phi) is 5.35. The number of benzene rings is 2. The fourth-order valence-electron chi connectivity index (χ4n) is 2.55. The number of nitrogens with zero attached hydrogens (tertiary/aromatic N) is 1. The Balaban J connectivity index is 1.69. The lowest BCUT2D eigenvalue weighted by Crippen LogP contribution is -2.15. The van der Waals surface area contributed by atoms with Crippen LogP contribution in [0, 0.1) is 10.1 Å². The lowest BCUT2D eigenvalue weighted by Gasteiger charge is -2.09. The summed E-state index contributed by atoms with van der Waals surface area (Å²) in [7, 11) is 1.44. The molecule has 0 amide bonds. The van der Waals surface area contributed by atoms with Crippen LogP contribution in [0.4, 0.5) is 11.4 Å². The first kappa shape index (κ1) is 18.4. The number of anilines is 1. The van der Waals surface area contributed by atoms with Gasteiger partial charge >= 0.3 is 5.97 Å². The second-order valence-corrected chi connectivity index (χ2v) is 6.11. The highest BCUT2D eigenvalue weighted by molar-refractivity contribution is 6.01. The summed E-state index contributed by atoms with van der Waals surface area (Å²) in [4.78, 5) is 35.2. The molecule has 1 aliphatic rings. The molecule has 0 bridgehead atoms. The van der Waals surface area contributed by atoms with Gasteiger partial charge in [-0.3, -0.25) is 14.9 Å². The average Bonchev–Trinajstić information content (AvgIpc) is 3.49. The number of methoxy groups -OCH3 is 1. The second-order valence-electron chi connectivity index (χ2n) is 6.11. The van der Waals surface area contributed by atoms with Gasteiger partial charge < -0.3 is 14.8 Å². The van der Waals surface area contributed by atoms with Crippen molar-refractivity contribution in [1.29, 1.82) is 0 Å². The maximum Gasteiger partial charge on any atom is 0.338 e. The molecule has 8 heteroatoms. The van der Waals surface area contributed by atoms with E-state index in [-0.39, 0.29) is 17.3 Å². The number of ether oxygens (including phenoxy) is 2. The van der Waals surface area contributed by atoms with Crippen LogP contribution in [0.1, 0.15) is 33.6 Å². The topological polar surface area (TPSA) is 108 Å².